The second-order valence-corrected chi connectivity index (χ2v) is 5.60. The third-order valence-corrected chi connectivity index (χ3v) is 3.77. The molecule has 104 valence electrons. The lowest BCUT2D eigenvalue weighted by atomic mass is 10.0. The highest BCUT2D eigenvalue weighted by molar-refractivity contribution is 6.36. The fourth-order valence-electron chi connectivity index (χ4n) is 2.03. The van der Waals surface area contributed by atoms with Gasteiger partial charge < -0.3 is 0 Å². The van der Waals surface area contributed by atoms with Gasteiger partial charge >= 0.3 is 0 Å². The van der Waals surface area contributed by atoms with E-state index in [0.29, 0.717) is 21.2 Å². The Balaban J connectivity index is 2.22. The Morgan fingerprint density at radius 2 is 1.75 bits per heavy atom. The fourth-order valence-corrected chi connectivity index (χ4v) is 2.41. The van der Waals surface area contributed by atoms with E-state index in [-0.39, 0.29) is 5.78 Å². The third kappa shape index (κ3) is 3.62. The first kappa shape index (κ1) is 15.1. The molecule has 0 spiro atoms. The van der Waals surface area contributed by atoms with Gasteiger partial charge in [0.15, 0.2) is 5.78 Å². The second-order valence-electron chi connectivity index (χ2n) is 4.75. The Kier molecular flexibility index (Phi) is 5.22. The minimum Gasteiger partial charge on any atom is -0.289 e. The number of rotatable bonds is 5. The van der Waals surface area contributed by atoms with Crippen molar-refractivity contribution in [2.45, 2.75) is 26.2 Å². The number of aryl methyl sites for hydroxylation is 1. The molecule has 0 aliphatic rings. The number of halogens is 2. The van der Waals surface area contributed by atoms with Gasteiger partial charge in [-0.05, 0) is 36.6 Å². The number of hydrogen-bond donors (Lipinski definition) is 0. The number of carbonyl (C=O) groups is 1. The number of unbranched alkanes of at least 4 members (excludes halogenated alkanes) is 1. The number of carbonyl (C=O) groups excluding carboxylic acids is 1. The van der Waals surface area contributed by atoms with Gasteiger partial charge in [0.25, 0.3) is 0 Å². The van der Waals surface area contributed by atoms with Gasteiger partial charge in [0.05, 0.1) is 5.02 Å². The van der Waals surface area contributed by atoms with Crippen molar-refractivity contribution < 1.29 is 4.79 Å². The smallest absolute Gasteiger partial charge is 0.194 e. The van der Waals surface area contributed by atoms with Gasteiger partial charge in [0, 0.05) is 16.1 Å². The first-order valence-electron chi connectivity index (χ1n) is 6.70. The van der Waals surface area contributed by atoms with Crippen molar-refractivity contribution in [3.05, 3.63) is 69.2 Å². The van der Waals surface area contributed by atoms with Crippen LogP contribution in [0, 0.1) is 0 Å². The van der Waals surface area contributed by atoms with Crippen LogP contribution in [0.3, 0.4) is 0 Å². The van der Waals surface area contributed by atoms with E-state index < -0.39 is 0 Å². The molecule has 0 N–H and O–H groups in total. The molecule has 0 bridgehead atoms. The molecule has 0 fully saturated rings. The van der Waals surface area contributed by atoms with Gasteiger partial charge in [0.1, 0.15) is 0 Å². The molecule has 0 aromatic heterocycles. The summed E-state index contributed by atoms with van der Waals surface area (Å²) in [5, 5.41) is 0.937. The average molecular weight is 307 g/mol. The molecule has 0 atom stereocenters. The van der Waals surface area contributed by atoms with E-state index in [4.69, 9.17) is 23.2 Å². The number of hydrogen-bond acceptors (Lipinski definition) is 1. The lowest BCUT2D eigenvalue weighted by Crippen LogP contribution is -2.02. The topological polar surface area (TPSA) is 17.1 Å². The van der Waals surface area contributed by atoms with Gasteiger partial charge in [-0.15, -0.1) is 0 Å². The zero-order chi connectivity index (χ0) is 14.5. The molecule has 1 nitrogen and oxygen atoms in total. The van der Waals surface area contributed by atoms with Crippen molar-refractivity contribution in [3.63, 3.8) is 0 Å². The van der Waals surface area contributed by atoms with Gasteiger partial charge in [0.2, 0.25) is 0 Å². The standard InChI is InChI=1S/C17H16Cl2O/c1-2-3-4-12-5-7-13(8-6-12)17(20)15-11-14(18)9-10-16(15)19/h5-11H,2-4H2,1H3. The molecule has 0 aliphatic heterocycles. The molecular weight excluding hydrogens is 291 g/mol. The van der Waals surface area contributed by atoms with Gasteiger partial charge in [-0.1, -0.05) is 60.8 Å². The average Bonchev–Trinajstić information content (AvgIpc) is 2.47. The first-order valence-corrected chi connectivity index (χ1v) is 7.46. The molecule has 0 heterocycles. The van der Waals surface area contributed by atoms with Crippen LogP contribution < -0.4 is 0 Å². The fraction of sp³-hybridized carbons (Fsp3) is 0.235. The summed E-state index contributed by atoms with van der Waals surface area (Å²) in [5.41, 5.74) is 2.33. The Morgan fingerprint density at radius 3 is 2.40 bits per heavy atom. The van der Waals surface area contributed by atoms with Gasteiger partial charge in [-0.25, -0.2) is 0 Å². The molecule has 3 heteroatoms. The van der Waals surface area contributed by atoms with Crippen LogP contribution in [0.25, 0.3) is 0 Å². The molecule has 0 saturated carbocycles. The lowest BCUT2D eigenvalue weighted by molar-refractivity contribution is 0.103. The summed E-state index contributed by atoms with van der Waals surface area (Å²) in [6.07, 6.45) is 3.37. The largest absolute Gasteiger partial charge is 0.289 e. The normalized spacial score (nSPS) is 10.6. The third-order valence-electron chi connectivity index (χ3n) is 3.21. The maximum absolute atomic E-state index is 12.4. The number of ketones is 1. The SMILES string of the molecule is CCCCc1ccc(C(=O)c2cc(Cl)ccc2Cl)cc1. The van der Waals surface area contributed by atoms with Crippen molar-refractivity contribution in [2.24, 2.45) is 0 Å². The summed E-state index contributed by atoms with van der Waals surface area (Å²) in [4.78, 5) is 12.4. The van der Waals surface area contributed by atoms with Gasteiger partial charge in [-0.3, -0.25) is 4.79 Å². The Hall–Kier alpha value is -1.31. The first-order chi connectivity index (χ1) is 9.61. The van der Waals surface area contributed by atoms with E-state index in [1.54, 1.807) is 18.2 Å². The predicted octanol–water partition coefficient (Wildman–Crippen LogP) is 5.57. The van der Waals surface area contributed by atoms with Crippen molar-refractivity contribution in [1.82, 2.24) is 0 Å². The summed E-state index contributed by atoms with van der Waals surface area (Å²) in [7, 11) is 0. The van der Waals surface area contributed by atoms with Crippen molar-refractivity contribution in [3.8, 4) is 0 Å². The molecule has 2 aromatic carbocycles. The summed E-state index contributed by atoms with van der Waals surface area (Å²) < 4.78 is 0. The molecule has 2 aromatic rings. The molecule has 0 amide bonds. The Morgan fingerprint density at radius 1 is 1.05 bits per heavy atom. The maximum atomic E-state index is 12.4. The van der Waals surface area contributed by atoms with E-state index in [1.165, 1.54) is 12.0 Å². The molecule has 0 unspecified atom stereocenters. The minimum absolute atomic E-state index is 0.0976. The highest BCUT2D eigenvalue weighted by atomic mass is 35.5. The molecule has 0 aliphatic carbocycles. The molecule has 0 radical (unpaired) electrons. The predicted molar refractivity (Wildman–Crippen MR) is 84.9 cm³/mol. The second kappa shape index (κ2) is 6.92. The highest BCUT2D eigenvalue weighted by Crippen LogP contribution is 2.23. The summed E-state index contributed by atoms with van der Waals surface area (Å²) in [5.74, 6) is -0.0976. The summed E-state index contributed by atoms with van der Waals surface area (Å²) >= 11 is 12.0. The maximum Gasteiger partial charge on any atom is 0.194 e. The monoisotopic (exact) mass is 306 g/mol. The summed E-state index contributed by atoms with van der Waals surface area (Å²) in [6, 6.07) is 12.6. The molecular formula is C17H16Cl2O. The van der Waals surface area contributed by atoms with Crippen LogP contribution in [0.4, 0.5) is 0 Å². The molecule has 20 heavy (non-hydrogen) atoms. The zero-order valence-electron chi connectivity index (χ0n) is 11.3. The highest BCUT2D eigenvalue weighted by Gasteiger charge is 2.13. The van der Waals surface area contributed by atoms with E-state index in [2.05, 4.69) is 6.92 Å². The minimum atomic E-state index is -0.0976. The van der Waals surface area contributed by atoms with Crippen LogP contribution in [0.2, 0.25) is 10.0 Å². The van der Waals surface area contributed by atoms with Crippen LogP contribution in [0.15, 0.2) is 42.5 Å². The zero-order valence-corrected chi connectivity index (χ0v) is 12.8. The number of benzene rings is 2. The van der Waals surface area contributed by atoms with Crippen molar-refractivity contribution in [1.29, 1.82) is 0 Å². The van der Waals surface area contributed by atoms with Crippen LogP contribution in [0.1, 0.15) is 41.3 Å². The van der Waals surface area contributed by atoms with Crippen LogP contribution >= 0.6 is 23.2 Å². The van der Waals surface area contributed by atoms with E-state index in [0.717, 1.165) is 12.8 Å². The van der Waals surface area contributed by atoms with E-state index in [1.807, 2.05) is 24.3 Å². The van der Waals surface area contributed by atoms with Crippen LogP contribution in [-0.2, 0) is 6.42 Å². The van der Waals surface area contributed by atoms with Crippen LogP contribution in [0.5, 0.6) is 0 Å². The van der Waals surface area contributed by atoms with Gasteiger partial charge in [-0.2, -0.15) is 0 Å². The van der Waals surface area contributed by atoms with E-state index >= 15 is 0 Å². The van der Waals surface area contributed by atoms with Crippen molar-refractivity contribution in [2.75, 3.05) is 0 Å². The quantitative estimate of drug-likeness (QED) is 0.660. The van der Waals surface area contributed by atoms with Crippen molar-refractivity contribution >= 4 is 29.0 Å². The molecule has 0 saturated heterocycles. The lowest BCUT2D eigenvalue weighted by Gasteiger charge is -2.06. The Bertz CT molecular complexity index is 603. The molecule has 2 rings (SSSR count). The Labute approximate surface area is 129 Å². The van der Waals surface area contributed by atoms with E-state index in [9.17, 15) is 4.79 Å². The summed E-state index contributed by atoms with van der Waals surface area (Å²) in [6.45, 7) is 2.17. The van der Waals surface area contributed by atoms with Crippen LogP contribution in [-0.4, -0.2) is 5.78 Å².